The van der Waals surface area contributed by atoms with Crippen LogP contribution in [0.3, 0.4) is 0 Å². The molecule has 0 amide bonds. The lowest BCUT2D eigenvalue weighted by molar-refractivity contribution is 0.642. The number of fused-ring (bicyclic) bond motifs is 1. The van der Waals surface area contributed by atoms with E-state index in [2.05, 4.69) is 52.4 Å². The topological polar surface area (TPSA) is 3.24 Å². The van der Waals surface area contributed by atoms with Crippen molar-refractivity contribution in [2.24, 2.45) is 0 Å². The van der Waals surface area contributed by atoms with Gasteiger partial charge in [0.15, 0.2) is 0 Å². The molecular weight excluding hydrogens is 220 g/mol. The van der Waals surface area contributed by atoms with E-state index in [4.69, 9.17) is 0 Å². The van der Waals surface area contributed by atoms with Gasteiger partial charge in [-0.05, 0) is 52.0 Å². The molecule has 0 bridgehead atoms. The van der Waals surface area contributed by atoms with Crippen molar-refractivity contribution >= 4 is 28.3 Å². The number of nitrogens with zero attached hydrogens (tertiary/aromatic N) is 1. The first-order valence-corrected chi connectivity index (χ1v) is 8.21. The Morgan fingerprint density at radius 1 is 1.40 bits per heavy atom. The molecule has 1 aromatic carbocycles. The molecule has 1 aliphatic rings. The zero-order valence-electron chi connectivity index (χ0n) is 9.70. The summed E-state index contributed by atoms with van der Waals surface area (Å²) in [6, 6.07) is 7.34. The lowest BCUT2D eigenvalue weighted by Gasteiger charge is -2.40. The minimum atomic E-state index is -0.0408. The first-order chi connectivity index (χ1) is 7.11. The van der Waals surface area contributed by atoms with Crippen LogP contribution in [0, 0.1) is 0 Å². The fraction of sp³-hybridized carbons (Fsp3) is 0.500. The summed E-state index contributed by atoms with van der Waals surface area (Å²) in [6.45, 7) is 7.04. The molecule has 2 rings (SSSR count). The van der Waals surface area contributed by atoms with E-state index in [1.807, 2.05) is 0 Å². The second-order valence-corrected chi connectivity index (χ2v) is 7.18. The van der Waals surface area contributed by atoms with Crippen LogP contribution in [0.15, 0.2) is 18.2 Å². The lowest BCUT2D eigenvalue weighted by atomic mass is 9.99. The molecule has 15 heavy (non-hydrogen) atoms. The molecule has 1 aliphatic heterocycles. The SMILES string of the molecule is CC1CCc2cccc(P)c2N1P(C)C. The van der Waals surface area contributed by atoms with Crippen LogP contribution in [0.5, 0.6) is 0 Å². The summed E-state index contributed by atoms with van der Waals surface area (Å²) >= 11 is 0. The summed E-state index contributed by atoms with van der Waals surface area (Å²) in [5, 5.41) is 1.36. The standard InChI is InChI=1S/C12H19NP2/c1-9-7-8-10-5-4-6-11(14)12(10)13(9)15(2)3/h4-6,9H,7-8,14H2,1-3H3. The average Bonchev–Trinajstić information content (AvgIpc) is 2.18. The monoisotopic (exact) mass is 239 g/mol. The van der Waals surface area contributed by atoms with Gasteiger partial charge in [-0.3, -0.25) is 0 Å². The maximum absolute atomic E-state index is 2.88. The second kappa shape index (κ2) is 4.40. The largest absolute Gasteiger partial charge is 0.348 e. The van der Waals surface area contributed by atoms with Crippen LogP contribution in [0.4, 0.5) is 5.69 Å². The number of para-hydroxylation sites is 1. The molecule has 2 unspecified atom stereocenters. The molecule has 1 heterocycles. The molecule has 0 saturated carbocycles. The summed E-state index contributed by atoms with van der Waals surface area (Å²) in [4.78, 5) is 0. The van der Waals surface area contributed by atoms with Crippen molar-refractivity contribution in [2.45, 2.75) is 25.8 Å². The third kappa shape index (κ3) is 2.05. The normalized spacial score (nSPS) is 20.6. The van der Waals surface area contributed by atoms with Gasteiger partial charge < -0.3 is 4.67 Å². The smallest absolute Gasteiger partial charge is 0.0506 e. The van der Waals surface area contributed by atoms with Gasteiger partial charge >= 0.3 is 0 Å². The number of hydrogen-bond acceptors (Lipinski definition) is 1. The van der Waals surface area contributed by atoms with E-state index >= 15 is 0 Å². The highest BCUT2D eigenvalue weighted by Crippen LogP contribution is 2.44. The van der Waals surface area contributed by atoms with Crippen molar-refractivity contribution in [3.63, 3.8) is 0 Å². The maximum atomic E-state index is 2.88. The predicted octanol–water partition coefficient (Wildman–Crippen LogP) is 2.98. The van der Waals surface area contributed by atoms with Crippen LogP contribution < -0.4 is 9.97 Å². The van der Waals surface area contributed by atoms with Crippen molar-refractivity contribution in [3.8, 4) is 0 Å². The van der Waals surface area contributed by atoms with Gasteiger partial charge in [0.25, 0.3) is 0 Å². The van der Waals surface area contributed by atoms with E-state index in [1.54, 1.807) is 0 Å². The van der Waals surface area contributed by atoms with E-state index < -0.39 is 0 Å². The van der Waals surface area contributed by atoms with E-state index in [-0.39, 0.29) is 8.07 Å². The van der Waals surface area contributed by atoms with Crippen LogP contribution in [0.25, 0.3) is 0 Å². The fourth-order valence-corrected chi connectivity index (χ4v) is 4.49. The minimum absolute atomic E-state index is 0.0408. The molecule has 0 N–H and O–H groups in total. The molecule has 0 saturated heterocycles. The molecule has 82 valence electrons. The molecule has 0 aromatic heterocycles. The Labute approximate surface area is 96.3 Å². The maximum Gasteiger partial charge on any atom is 0.0506 e. The Morgan fingerprint density at radius 2 is 2.13 bits per heavy atom. The fourth-order valence-electron chi connectivity index (χ4n) is 2.39. The zero-order valence-corrected chi connectivity index (χ0v) is 11.7. The molecule has 2 atom stereocenters. The van der Waals surface area contributed by atoms with Crippen molar-refractivity contribution in [2.75, 3.05) is 18.0 Å². The summed E-state index contributed by atoms with van der Waals surface area (Å²) in [6.07, 6.45) is 2.53. The molecule has 1 aromatic rings. The Balaban J connectivity index is 2.51. The molecule has 1 nitrogen and oxygen atoms in total. The Kier molecular flexibility index (Phi) is 3.33. The molecule has 0 spiro atoms. The summed E-state index contributed by atoms with van der Waals surface area (Å²) in [5.41, 5.74) is 3.01. The highest BCUT2D eigenvalue weighted by molar-refractivity contribution is 7.57. The minimum Gasteiger partial charge on any atom is -0.348 e. The highest BCUT2D eigenvalue weighted by Gasteiger charge is 2.26. The summed E-state index contributed by atoms with van der Waals surface area (Å²) in [7, 11) is 2.84. The molecule has 0 fully saturated rings. The summed E-state index contributed by atoms with van der Waals surface area (Å²) in [5.74, 6) is 0. The van der Waals surface area contributed by atoms with Gasteiger partial charge in [0.2, 0.25) is 0 Å². The molecule has 0 aliphatic carbocycles. The van der Waals surface area contributed by atoms with Gasteiger partial charge in [-0.2, -0.15) is 0 Å². The van der Waals surface area contributed by atoms with Gasteiger partial charge in [0.05, 0.1) is 5.69 Å². The zero-order chi connectivity index (χ0) is 11.0. The quantitative estimate of drug-likeness (QED) is 0.681. The Hall–Kier alpha value is -0.120. The third-order valence-corrected chi connectivity index (χ3v) is 4.98. The van der Waals surface area contributed by atoms with Gasteiger partial charge in [-0.1, -0.05) is 18.2 Å². The van der Waals surface area contributed by atoms with Crippen molar-refractivity contribution in [1.82, 2.24) is 0 Å². The molecular formula is C12H19NP2. The lowest BCUT2D eigenvalue weighted by Crippen LogP contribution is -2.35. The van der Waals surface area contributed by atoms with Crippen LogP contribution in [0.2, 0.25) is 0 Å². The number of benzene rings is 1. The summed E-state index contributed by atoms with van der Waals surface area (Å²) < 4.78 is 2.62. The van der Waals surface area contributed by atoms with E-state index in [1.165, 1.54) is 29.4 Å². The number of rotatable bonds is 1. The third-order valence-electron chi connectivity index (χ3n) is 3.06. The average molecular weight is 239 g/mol. The van der Waals surface area contributed by atoms with Crippen molar-refractivity contribution in [3.05, 3.63) is 23.8 Å². The van der Waals surface area contributed by atoms with E-state index in [0.29, 0.717) is 6.04 Å². The molecule has 0 radical (unpaired) electrons. The first-order valence-electron chi connectivity index (χ1n) is 5.45. The van der Waals surface area contributed by atoms with Crippen LogP contribution in [-0.2, 0) is 6.42 Å². The number of aryl methyl sites for hydroxylation is 1. The number of anilines is 1. The van der Waals surface area contributed by atoms with Gasteiger partial charge in [-0.15, -0.1) is 9.24 Å². The Bertz CT molecular complexity index is 363. The highest BCUT2D eigenvalue weighted by atomic mass is 31.1. The van der Waals surface area contributed by atoms with E-state index in [0.717, 1.165) is 0 Å². The van der Waals surface area contributed by atoms with Crippen LogP contribution in [0.1, 0.15) is 18.9 Å². The van der Waals surface area contributed by atoms with Crippen molar-refractivity contribution in [1.29, 1.82) is 0 Å². The van der Waals surface area contributed by atoms with Crippen molar-refractivity contribution < 1.29 is 0 Å². The Morgan fingerprint density at radius 3 is 2.80 bits per heavy atom. The predicted molar refractivity (Wildman–Crippen MR) is 74.8 cm³/mol. The van der Waals surface area contributed by atoms with Gasteiger partial charge in [0.1, 0.15) is 0 Å². The van der Waals surface area contributed by atoms with E-state index in [9.17, 15) is 0 Å². The van der Waals surface area contributed by atoms with Crippen LogP contribution >= 0.6 is 17.3 Å². The van der Waals surface area contributed by atoms with Gasteiger partial charge in [0, 0.05) is 6.04 Å². The van der Waals surface area contributed by atoms with Gasteiger partial charge in [-0.25, -0.2) is 0 Å². The second-order valence-electron chi connectivity index (χ2n) is 4.43. The first kappa shape index (κ1) is 11.4. The molecule has 3 heteroatoms. The van der Waals surface area contributed by atoms with Crippen LogP contribution in [-0.4, -0.2) is 19.4 Å². The number of hydrogen-bond donors (Lipinski definition) is 0.